The van der Waals surface area contributed by atoms with E-state index in [1.165, 1.54) is 7.11 Å². The van der Waals surface area contributed by atoms with Gasteiger partial charge in [0.1, 0.15) is 29.5 Å². The number of hydrogen-bond donors (Lipinski definition) is 1. The number of anilines is 1. The number of benzene rings is 1. The van der Waals surface area contributed by atoms with E-state index >= 15 is 0 Å². The summed E-state index contributed by atoms with van der Waals surface area (Å²) in [6, 6.07) is 7.78. The molecule has 3 aromatic heterocycles. The van der Waals surface area contributed by atoms with Gasteiger partial charge in [-0.3, -0.25) is 9.38 Å². The number of ether oxygens (including phenoxy) is 1. The van der Waals surface area contributed by atoms with Crippen LogP contribution in [0.3, 0.4) is 0 Å². The molecule has 8 heteroatoms. The molecule has 0 spiro atoms. The van der Waals surface area contributed by atoms with Gasteiger partial charge < -0.3 is 10.1 Å². The van der Waals surface area contributed by atoms with Gasteiger partial charge in [-0.05, 0) is 30.2 Å². The van der Waals surface area contributed by atoms with Gasteiger partial charge in [-0.15, -0.1) is 10.2 Å². The summed E-state index contributed by atoms with van der Waals surface area (Å²) in [7, 11) is 1.38. The lowest BCUT2D eigenvalue weighted by Gasteiger charge is -2.14. The normalized spacial score (nSPS) is 11.0. The Labute approximate surface area is 166 Å². The number of rotatable bonds is 6. The van der Waals surface area contributed by atoms with Gasteiger partial charge in [0.2, 0.25) is 0 Å². The first-order chi connectivity index (χ1) is 14.1. The second-order valence-electron chi connectivity index (χ2n) is 6.47. The number of hydrogen-bond acceptors (Lipinski definition) is 5. The highest BCUT2D eigenvalue weighted by atomic mass is 19.1. The first-order valence-corrected chi connectivity index (χ1v) is 9.14. The molecule has 4 aromatic rings. The number of methoxy groups -OCH3 is 1. The van der Waals surface area contributed by atoms with Crippen molar-refractivity contribution in [2.75, 3.05) is 12.4 Å². The molecule has 0 saturated heterocycles. The molecule has 1 N–H and O–H groups in total. The van der Waals surface area contributed by atoms with Crippen LogP contribution in [0.5, 0.6) is 5.75 Å². The van der Waals surface area contributed by atoms with Crippen LogP contribution in [0, 0.1) is 11.6 Å². The Kier molecular flexibility index (Phi) is 5.07. The predicted octanol–water partition coefficient (Wildman–Crippen LogP) is 4.25. The predicted molar refractivity (Wildman–Crippen MR) is 106 cm³/mol. The van der Waals surface area contributed by atoms with E-state index in [-0.39, 0.29) is 17.9 Å². The number of pyridine rings is 2. The van der Waals surface area contributed by atoms with Crippen LogP contribution in [-0.2, 0) is 13.0 Å². The van der Waals surface area contributed by atoms with Crippen molar-refractivity contribution in [3.05, 3.63) is 71.8 Å². The second kappa shape index (κ2) is 7.83. The van der Waals surface area contributed by atoms with Crippen molar-refractivity contribution in [1.29, 1.82) is 0 Å². The van der Waals surface area contributed by atoms with Crippen molar-refractivity contribution in [3.8, 4) is 16.9 Å². The fraction of sp³-hybridized carbons (Fsp3) is 0.190. The number of nitrogens with one attached hydrogen (secondary N) is 1. The van der Waals surface area contributed by atoms with Crippen LogP contribution in [-0.4, -0.2) is 26.7 Å². The Hall–Kier alpha value is -3.55. The molecule has 0 unspecified atom stereocenters. The molecule has 4 rings (SSSR count). The van der Waals surface area contributed by atoms with E-state index < -0.39 is 11.6 Å². The third-order valence-corrected chi connectivity index (χ3v) is 4.82. The van der Waals surface area contributed by atoms with E-state index in [1.807, 2.05) is 24.4 Å². The molecule has 29 heavy (non-hydrogen) atoms. The Bertz CT molecular complexity index is 1180. The molecular weight excluding hydrogens is 376 g/mol. The largest absolute Gasteiger partial charge is 0.496 e. The standard InChI is InChI=1S/C21H19F2N5O/c1-3-13-6-7-24-10-16(13)15-4-5-20(28-12-26-27-21(15)28)25-11-17-18(23)8-14(22)9-19(17)29-2/h4-10,12,25H,3,11H2,1-2H3. The van der Waals surface area contributed by atoms with Crippen LogP contribution < -0.4 is 10.1 Å². The van der Waals surface area contributed by atoms with E-state index in [1.54, 1.807) is 16.9 Å². The summed E-state index contributed by atoms with van der Waals surface area (Å²) < 4.78 is 34.6. The van der Waals surface area contributed by atoms with Crippen molar-refractivity contribution in [2.24, 2.45) is 0 Å². The highest BCUT2D eigenvalue weighted by Gasteiger charge is 2.15. The third kappa shape index (κ3) is 3.49. The van der Waals surface area contributed by atoms with Gasteiger partial charge in [0.05, 0.1) is 7.11 Å². The lowest BCUT2D eigenvalue weighted by molar-refractivity contribution is 0.400. The van der Waals surface area contributed by atoms with Crippen LogP contribution in [0.25, 0.3) is 16.8 Å². The number of aromatic nitrogens is 4. The average molecular weight is 395 g/mol. The lowest BCUT2D eigenvalue weighted by atomic mass is 10.0. The molecule has 3 heterocycles. The van der Waals surface area contributed by atoms with Crippen molar-refractivity contribution in [3.63, 3.8) is 0 Å². The maximum absolute atomic E-state index is 14.2. The Morgan fingerprint density at radius 1 is 1.14 bits per heavy atom. The van der Waals surface area contributed by atoms with Gasteiger partial charge in [-0.1, -0.05) is 6.92 Å². The molecule has 0 fully saturated rings. The smallest absolute Gasteiger partial charge is 0.170 e. The molecule has 0 bridgehead atoms. The fourth-order valence-electron chi connectivity index (χ4n) is 3.35. The monoisotopic (exact) mass is 395 g/mol. The van der Waals surface area contributed by atoms with Gasteiger partial charge in [-0.25, -0.2) is 8.78 Å². The molecular formula is C21H19F2N5O. The number of fused-ring (bicyclic) bond motifs is 1. The Balaban J connectivity index is 1.70. The van der Waals surface area contributed by atoms with Crippen LogP contribution in [0.2, 0.25) is 0 Å². The molecule has 0 saturated carbocycles. The molecule has 0 aliphatic carbocycles. The summed E-state index contributed by atoms with van der Waals surface area (Å²) in [5, 5.41) is 11.4. The summed E-state index contributed by atoms with van der Waals surface area (Å²) in [5.74, 6) is -0.540. The average Bonchev–Trinajstić information content (AvgIpc) is 3.22. The van der Waals surface area contributed by atoms with Crippen molar-refractivity contribution >= 4 is 11.5 Å². The summed E-state index contributed by atoms with van der Waals surface area (Å²) >= 11 is 0. The van der Waals surface area contributed by atoms with E-state index in [0.717, 1.165) is 35.2 Å². The fourth-order valence-corrected chi connectivity index (χ4v) is 3.35. The molecule has 1 aromatic carbocycles. The molecule has 0 aliphatic heterocycles. The summed E-state index contributed by atoms with van der Waals surface area (Å²) in [6.07, 6.45) is 6.03. The summed E-state index contributed by atoms with van der Waals surface area (Å²) in [4.78, 5) is 4.24. The van der Waals surface area contributed by atoms with E-state index in [9.17, 15) is 8.78 Å². The van der Waals surface area contributed by atoms with E-state index in [0.29, 0.717) is 11.5 Å². The van der Waals surface area contributed by atoms with Gasteiger partial charge in [0.25, 0.3) is 0 Å². The minimum Gasteiger partial charge on any atom is -0.496 e. The number of halogens is 2. The zero-order chi connectivity index (χ0) is 20.4. The molecule has 6 nitrogen and oxygen atoms in total. The van der Waals surface area contributed by atoms with Gasteiger partial charge in [0, 0.05) is 47.8 Å². The van der Waals surface area contributed by atoms with Crippen molar-refractivity contribution < 1.29 is 13.5 Å². The number of aryl methyl sites for hydroxylation is 1. The molecule has 148 valence electrons. The zero-order valence-electron chi connectivity index (χ0n) is 16.0. The molecule has 0 amide bonds. The highest BCUT2D eigenvalue weighted by Crippen LogP contribution is 2.29. The third-order valence-electron chi connectivity index (χ3n) is 4.82. The minimum absolute atomic E-state index is 0.106. The highest BCUT2D eigenvalue weighted by molar-refractivity contribution is 5.80. The van der Waals surface area contributed by atoms with Crippen LogP contribution in [0.15, 0.2) is 49.1 Å². The van der Waals surface area contributed by atoms with E-state index in [2.05, 4.69) is 27.4 Å². The molecule has 0 aliphatic rings. The van der Waals surface area contributed by atoms with E-state index in [4.69, 9.17) is 4.74 Å². The quantitative estimate of drug-likeness (QED) is 0.529. The van der Waals surface area contributed by atoms with Crippen molar-refractivity contribution in [2.45, 2.75) is 19.9 Å². The summed E-state index contributed by atoms with van der Waals surface area (Å²) in [5.41, 5.74) is 3.95. The number of nitrogens with zero attached hydrogens (tertiary/aromatic N) is 4. The SMILES string of the molecule is CCc1ccncc1-c1ccc(NCc2c(F)cc(F)cc2OC)n2cnnc12. The first-order valence-electron chi connectivity index (χ1n) is 9.14. The second-order valence-corrected chi connectivity index (χ2v) is 6.47. The minimum atomic E-state index is -0.683. The van der Waals surface area contributed by atoms with Crippen LogP contribution >= 0.6 is 0 Å². The van der Waals surface area contributed by atoms with Gasteiger partial charge >= 0.3 is 0 Å². The maximum Gasteiger partial charge on any atom is 0.170 e. The first kappa shape index (κ1) is 18.8. The summed E-state index contributed by atoms with van der Waals surface area (Å²) in [6.45, 7) is 2.19. The van der Waals surface area contributed by atoms with Crippen LogP contribution in [0.1, 0.15) is 18.1 Å². The van der Waals surface area contributed by atoms with Crippen LogP contribution in [0.4, 0.5) is 14.6 Å². The van der Waals surface area contributed by atoms with Gasteiger partial charge in [0.15, 0.2) is 5.65 Å². The van der Waals surface area contributed by atoms with Crippen molar-refractivity contribution in [1.82, 2.24) is 19.6 Å². The molecule has 0 radical (unpaired) electrons. The maximum atomic E-state index is 14.2. The Morgan fingerprint density at radius 3 is 2.79 bits per heavy atom. The Morgan fingerprint density at radius 2 is 2.00 bits per heavy atom. The molecule has 0 atom stereocenters. The van der Waals surface area contributed by atoms with Gasteiger partial charge in [-0.2, -0.15) is 0 Å². The zero-order valence-corrected chi connectivity index (χ0v) is 16.0. The lowest BCUT2D eigenvalue weighted by Crippen LogP contribution is -2.08. The topological polar surface area (TPSA) is 64.3 Å².